The van der Waals surface area contributed by atoms with Gasteiger partial charge in [-0.2, -0.15) is 5.10 Å². The Morgan fingerprint density at radius 1 is 1.29 bits per heavy atom. The van der Waals surface area contributed by atoms with E-state index < -0.39 is 0 Å². The molecule has 1 fully saturated rings. The molecule has 2 heterocycles. The number of aryl methyl sites for hydroxylation is 1. The van der Waals surface area contributed by atoms with Gasteiger partial charge in [-0.25, -0.2) is 4.68 Å². The zero-order chi connectivity index (χ0) is 17.4. The van der Waals surface area contributed by atoms with Crippen LogP contribution >= 0.6 is 11.6 Å². The molecule has 1 aliphatic rings. The molecule has 24 heavy (non-hydrogen) atoms. The van der Waals surface area contributed by atoms with Crippen LogP contribution in [0.4, 0.5) is 0 Å². The number of carbonyl (C=O) groups excluding carboxylic acids is 1. The summed E-state index contributed by atoms with van der Waals surface area (Å²) in [5, 5.41) is 5.11. The summed E-state index contributed by atoms with van der Waals surface area (Å²) in [4.78, 5) is 14.6. The maximum atomic E-state index is 12.7. The highest BCUT2D eigenvalue weighted by atomic mass is 35.5. The second-order valence-electron chi connectivity index (χ2n) is 6.58. The Balaban J connectivity index is 1.81. The largest absolute Gasteiger partial charge is 0.336 e. The number of aromatic nitrogens is 2. The van der Waals surface area contributed by atoms with Gasteiger partial charge in [0.1, 0.15) is 0 Å². The summed E-state index contributed by atoms with van der Waals surface area (Å²) in [5.74, 6) is 0.0624. The van der Waals surface area contributed by atoms with Crippen molar-refractivity contribution in [3.05, 3.63) is 46.2 Å². The first kappa shape index (κ1) is 17.0. The van der Waals surface area contributed by atoms with Crippen LogP contribution in [-0.2, 0) is 0 Å². The summed E-state index contributed by atoms with van der Waals surface area (Å²) in [5.41, 5.74) is 9.26. The first-order chi connectivity index (χ1) is 11.4. The molecule has 128 valence electrons. The van der Waals surface area contributed by atoms with Crippen molar-refractivity contribution in [3.63, 3.8) is 0 Å². The van der Waals surface area contributed by atoms with Gasteiger partial charge in [-0.1, -0.05) is 11.6 Å². The number of nitrogens with zero attached hydrogens (tertiary/aromatic N) is 3. The number of halogens is 1. The van der Waals surface area contributed by atoms with E-state index in [4.69, 9.17) is 17.3 Å². The van der Waals surface area contributed by atoms with Crippen LogP contribution in [0.2, 0.25) is 5.02 Å². The molecule has 0 aliphatic carbocycles. The number of benzene rings is 1. The quantitative estimate of drug-likeness (QED) is 0.908. The molecule has 1 aromatic carbocycles. The normalized spacial score (nSPS) is 21.1. The van der Waals surface area contributed by atoms with Crippen LogP contribution < -0.4 is 5.73 Å². The molecule has 2 atom stereocenters. The van der Waals surface area contributed by atoms with Crippen molar-refractivity contribution >= 4 is 17.5 Å². The lowest BCUT2D eigenvalue weighted by atomic mass is 9.98. The van der Waals surface area contributed by atoms with Gasteiger partial charge in [-0.05, 0) is 57.9 Å². The zero-order valence-corrected chi connectivity index (χ0v) is 15.0. The Kier molecular flexibility index (Phi) is 4.65. The van der Waals surface area contributed by atoms with Crippen LogP contribution in [0, 0.1) is 13.8 Å². The zero-order valence-electron chi connectivity index (χ0n) is 14.3. The van der Waals surface area contributed by atoms with Crippen molar-refractivity contribution in [1.29, 1.82) is 0 Å². The number of hydrogen-bond donors (Lipinski definition) is 1. The van der Waals surface area contributed by atoms with Gasteiger partial charge in [0.15, 0.2) is 0 Å². The topological polar surface area (TPSA) is 64.2 Å². The van der Waals surface area contributed by atoms with Crippen molar-refractivity contribution < 1.29 is 4.79 Å². The molecule has 6 heteroatoms. The highest BCUT2D eigenvalue weighted by Crippen LogP contribution is 2.23. The summed E-state index contributed by atoms with van der Waals surface area (Å²) in [6, 6.07) is 7.89. The number of hydrogen-bond acceptors (Lipinski definition) is 3. The van der Waals surface area contributed by atoms with E-state index in [0.29, 0.717) is 10.6 Å². The Hall–Kier alpha value is -1.85. The Labute approximate surface area is 147 Å². The molecule has 5 nitrogen and oxygen atoms in total. The van der Waals surface area contributed by atoms with Crippen molar-refractivity contribution in [1.82, 2.24) is 14.7 Å². The lowest BCUT2D eigenvalue weighted by Gasteiger charge is -2.36. The van der Waals surface area contributed by atoms with Gasteiger partial charge < -0.3 is 10.6 Å². The molecule has 2 N–H and O–H groups in total. The average Bonchev–Trinajstić information content (AvgIpc) is 2.82. The molecule has 1 saturated heterocycles. The highest BCUT2D eigenvalue weighted by molar-refractivity contribution is 6.31. The molecule has 1 aliphatic heterocycles. The third-order valence-electron chi connectivity index (χ3n) is 4.74. The minimum Gasteiger partial charge on any atom is -0.336 e. The predicted octanol–water partition coefficient (Wildman–Crippen LogP) is 3.09. The number of rotatable bonds is 2. The lowest BCUT2D eigenvalue weighted by Crippen LogP contribution is -2.48. The molecule has 1 aromatic heterocycles. The molecular formula is C18H23ClN4O. The molecule has 3 rings (SSSR count). The summed E-state index contributed by atoms with van der Waals surface area (Å²) in [7, 11) is 0. The molecule has 1 amide bonds. The summed E-state index contributed by atoms with van der Waals surface area (Å²) in [6.07, 6.45) is 1.71. The second-order valence-corrected chi connectivity index (χ2v) is 6.95. The van der Waals surface area contributed by atoms with Gasteiger partial charge >= 0.3 is 0 Å². The third-order valence-corrected chi connectivity index (χ3v) is 5.29. The van der Waals surface area contributed by atoms with Crippen molar-refractivity contribution in [3.8, 4) is 5.69 Å². The maximum Gasteiger partial charge on any atom is 0.254 e. The van der Waals surface area contributed by atoms with Crippen molar-refractivity contribution in [2.24, 2.45) is 5.73 Å². The van der Waals surface area contributed by atoms with E-state index in [9.17, 15) is 4.79 Å². The molecule has 0 bridgehead atoms. The number of likely N-dealkylation sites (tertiary alicyclic amines) is 1. The van der Waals surface area contributed by atoms with E-state index in [1.54, 1.807) is 4.68 Å². The Morgan fingerprint density at radius 2 is 1.96 bits per heavy atom. The van der Waals surface area contributed by atoms with Crippen LogP contribution in [0.3, 0.4) is 0 Å². The van der Waals surface area contributed by atoms with Gasteiger partial charge in [0.05, 0.1) is 22.1 Å². The molecule has 0 saturated carbocycles. The summed E-state index contributed by atoms with van der Waals surface area (Å²) >= 11 is 6.21. The lowest BCUT2D eigenvalue weighted by molar-refractivity contribution is 0.0619. The SMILES string of the molecule is Cc1nn(-c2ccc(C(=O)N3CC[C@H](N)C[C@@H]3C)cc2)c(C)c1Cl. The van der Waals surface area contributed by atoms with Gasteiger partial charge in [0.25, 0.3) is 5.91 Å². The standard InChI is InChI=1S/C18H23ClN4O/c1-11-10-15(20)8-9-22(11)18(24)14-4-6-16(7-5-14)23-13(3)17(19)12(2)21-23/h4-7,11,15H,8-10,20H2,1-3H3/t11-,15-/m0/s1. The van der Waals surface area contributed by atoms with E-state index in [2.05, 4.69) is 12.0 Å². The third kappa shape index (κ3) is 3.06. The molecule has 0 radical (unpaired) electrons. The van der Waals surface area contributed by atoms with Gasteiger partial charge in [-0.15, -0.1) is 0 Å². The van der Waals surface area contributed by atoms with Crippen LogP contribution in [0.5, 0.6) is 0 Å². The molecule has 0 unspecified atom stereocenters. The summed E-state index contributed by atoms with van der Waals surface area (Å²) < 4.78 is 1.80. The van der Waals surface area contributed by atoms with Gasteiger partial charge in [0, 0.05) is 24.2 Å². The first-order valence-electron chi connectivity index (χ1n) is 8.27. The van der Waals surface area contributed by atoms with Crippen LogP contribution in [-0.4, -0.2) is 39.2 Å². The number of piperidine rings is 1. The van der Waals surface area contributed by atoms with Crippen LogP contribution in [0.25, 0.3) is 5.69 Å². The fraction of sp³-hybridized carbons (Fsp3) is 0.444. The number of amides is 1. The van der Waals surface area contributed by atoms with Crippen molar-refractivity contribution in [2.75, 3.05) is 6.54 Å². The minimum atomic E-state index is 0.0624. The number of carbonyl (C=O) groups is 1. The fourth-order valence-electron chi connectivity index (χ4n) is 3.30. The van der Waals surface area contributed by atoms with E-state index in [-0.39, 0.29) is 18.0 Å². The Morgan fingerprint density at radius 3 is 2.50 bits per heavy atom. The molecule has 0 spiro atoms. The predicted molar refractivity (Wildman–Crippen MR) is 95.8 cm³/mol. The number of nitrogens with two attached hydrogens (primary N) is 1. The second kappa shape index (κ2) is 6.57. The monoisotopic (exact) mass is 346 g/mol. The first-order valence-corrected chi connectivity index (χ1v) is 8.65. The van der Waals surface area contributed by atoms with Crippen molar-refractivity contribution in [2.45, 2.75) is 45.7 Å². The maximum absolute atomic E-state index is 12.7. The van der Waals surface area contributed by atoms with Crippen LogP contribution in [0.1, 0.15) is 41.5 Å². The van der Waals surface area contributed by atoms with Crippen LogP contribution in [0.15, 0.2) is 24.3 Å². The molecule has 2 aromatic rings. The van der Waals surface area contributed by atoms with E-state index in [1.807, 2.05) is 43.0 Å². The molecular weight excluding hydrogens is 324 g/mol. The minimum absolute atomic E-state index is 0.0624. The average molecular weight is 347 g/mol. The van der Waals surface area contributed by atoms with E-state index >= 15 is 0 Å². The van der Waals surface area contributed by atoms with Gasteiger partial charge in [0.2, 0.25) is 0 Å². The summed E-state index contributed by atoms with van der Waals surface area (Å²) in [6.45, 7) is 6.59. The highest BCUT2D eigenvalue weighted by Gasteiger charge is 2.27. The smallest absolute Gasteiger partial charge is 0.254 e. The Bertz CT molecular complexity index is 753. The van der Waals surface area contributed by atoms with E-state index in [1.165, 1.54) is 0 Å². The van der Waals surface area contributed by atoms with E-state index in [0.717, 1.165) is 36.5 Å². The van der Waals surface area contributed by atoms with Gasteiger partial charge in [-0.3, -0.25) is 4.79 Å². The fourth-order valence-corrected chi connectivity index (χ4v) is 3.41.